The van der Waals surface area contributed by atoms with E-state index >= 15 is 0 Å². The molecule has 15 heavy (non-hydrogen) atoms. The Balaban J connectivity index is 2.59. The van der Waals surface area contributed by atoms with Crippen LogP contribution in [0.5, 0.6) is 11.5 Å². The maximum Gasteiger partial charge on any atom is 0.131 e. The summed E-state index contributed by atoms with van der Waals surface area (Å²) >= 11 is 0. The SMILES string of the molecule is COc1ccccc1-c1ccc[c]c1O. The van der Waals surface area contributed by atoms with Crippen molar-refractivity contribution < 1.29 is 9.84 Å². The third-order valence-electron chi connectivity index (χ3n) is 2.23. The molecule has 75 valence electrons. The quantitative estimate of drug-likeness (QED) is 0.805. The summed E-state index contributed by atoms with van der Waals surface area (Å²) in [6.07, 6.45) is 0. The zero-order valence-corrected chi connectivity index (χ0v) is 8.40. The average molecular weight is 199 g/mol. The van der Waals surface area contributed by atoms with Gasteiger partial charge in [0.15, 0.2) is 0 Å². The van der Waals surface area contributed by atoms with E-state index in [0.717, 1.165) is 16.9 Å². The molecule has 2 aromatic rings. The highest BCUT2D eigenvalue weighted by Gasteiger charge is 2.07. The molecule has 2 heteroatoms. The molecule has 2 rings (SSSR count). The number of phenolic OH excluding ortho intramolecular Hbond substituents is 1. The van der Waals surface area contributed by atoms with Crippen molar-refractivity contribution in [2.24, 2.45) is 0 Å². The molecule has 1 radical (unpaired) electrons. The van der Waals surface area contributed by atoms with Crippen molar-refractivity contribution in [3.05, 3.63) is 48.5 Å². The summed E-state index contributed by atoms with van der Waals surface area (Å²) in [5.74, 6) is 0.884. The first-order valence-corrected chi connectivity index (χ1v) is 4.66. The van der Waals surface area contributed by atoms with Gasteiger partial charge in [0, 0.05) is 17.2 Å². The van der Waals surface area contributed by atoms with E-state index in [1.807, 2.05) is 36.4 Å². The van der Waals surface area contributed by atoms with Crippen LogP contribution in [-0.4, -0.2) is 12.2 Å². The van der Waals surface area contributed by atoms with Crippen molar-refractivity contribution in [1.82, 2.24) is 0 Å². The van der Waals surface area contributed by atoms with Crippen LogP contribution >= 0.6 is 0 Å². The predicted octanol–water partition coefficient (Wildman–Crippen LogP) is 2.87. The second-order valence-corrected chi connectivity index (χ2v) is 3.13. The van der Waals surface area contributed by atoms with E-state index in [2.05, 4.69) is 6.07 Å². The standard InChI is InChI=1S/C13H11O2/c1-15-13-9-5-3-7-11(13)10-6-2-4-8-12(10)14/h2-7,9,14H,1H3. The Morgan fingerprint density at radius 3 is 2.53 bits per heavy atom. The van der Waals surface area contributed by atoms with Crippen LogP contribution in [0.25, 0.3) is 11.1 Å². The Morgan fingerprint density at radius 1 is 1.07 bits per heavy atom. The minimum atomic E-state index is 0.141. The number of phenols is 1. The van der Waals surface area contributed by atoms with Crippen LogP contribution in [0.2, 0.25) is 0 Å². The van der Waals surface area contributed by atoms with Gasteiger partial charge in [0.1, 0.15) is 11.5 Å². The van der Waals surface area contributed by atoms with Crippen LogP contribution in [0.4, 0.5) is 0 Å². The summed E-state index contributed by atoms with van der Waals surface area (Å²) in [6.45, 7) is 0. The lowest BCUT2D eigenvalue weighted by Crippen LogP contribution is -1.87. The van der Waals surface area contributed by atoms with Gasteiger partial charge >= 0.3 is 0 Å². The Morgan fingerprint density at radius 2 is 1.80 bits per heavy atom. The van der Waals surface area contributed by atoms with Crippen molar-refractivity contribution >= 4 is 0 Å². The molecule has 0 fully saturated rings. The fourth-order valence-electron chi connectivity index (χ4n) is 1.51. The first-order chi connectivity index (χ1) is 7.33. The lowest BCUT2D eigenvalue weighted by molar-refractivity contribution is 0.415. The molecule has 0 aliphatic heterocycles. The summed E-state index contributed by atoms with van der Waals surface area (Å²) in [4.78, 5) is 0. The van der Waals surface area contributed by atoms with Crippen molar-refractivity contribution in [2.75, 3.05) is 7.11 Å². The largest absolute Gasteiger partial charge is 0.507 e. The molecule has 0 heterocycles. The van der Waals surface area contributed by atoms with Gasteiger partial charge in [0.2, 0.25) is 0 Å². The first kappa shape index (κ1) is 9.59. The lowest BCUT2D eigenvalue weighted by atomic mass is 10.0. The Kier molecular flexibility index (Phi) is 2.59. The number of benzene rings is 2. The summed E-state index contributed by atoms with van der Waals surface area (Å²) in [5.41, 5.74) is 1.60. The molecule has 0 spiro atoms. The highest BCUT2D eigenvalue weighted by molar-refractivity contribution is 5.75. The topological polar surface area (TPSA) is 29.5 Å². The van der Waals surface area contributed by atoms with Crippen molar-refractivity contribution in [2.45, 2.75) is 0 Å². The summed E-state index contributed by atoms with van der Waals surface area (Å²) < 4.78 is 5.23. The lowest BCUT2D eigenvalue weighted by Gasteiger charge is -2.09. The van der Waals surface area contributed by atoms with Crippen LogP contribution in [0.1, 0.15) is 0 Å². The molecule has 2 aromatic carbocycles. The molecule has 0 saturated carbocycles. The summed E-state index contributed by atoms with van der Waals surface area (Å²) in [7, 11) is 1.61. The number of para-hydroxylation sites is 2. The van der Waals surface area contributed by atoms with Gasteiger partial charge in [-0.05, 0) is 6.07 Å². The summed E-state index contributed by atoms with van der Waals surface area (Å²) in [5, 5.41) is 9.67. The van der Waals surface area contributed by atoms with Crippen LogP contribution in [0.3, 0.4) is 0 Å². The molecule has 0 atom stereocenters. The van der Waals surface area contributed by atoms with Crippen LogP contribution < -0.4 is 4.74 Å². The van der Waals surface area contributed by atoms with E-state index in [1.165, 1.54) is 0 Å². The Bertz CT molecular complexity index is 464. The van der Waals surface area contributed by atoms with Gasteiger partial charge in [0.25, 0.3) is 0 Å². The Labute approximate surface area is 88.8 Å². The van der Waals surface area contributed by atoms with Gasteiger partial charge in [-0.3, -0.25) is 0 Å². The average Bonchev–Trinajstić information content (AvgIpc) is 2.30. The van der Waals surface area contributed by atoms with E-state index in [-0.39, 0.29) is 5.75 Å². The second kappa shape index (κ2) is 4.05. The van der Waals surface area contributed by atoms with Crippen LogP contribution in [-0.2, 0) is 0 Å². The third kappa shape index (κ3) is 1.79. The maximum absolute atomic E-state index is 9.67. The molecule has 0 aliphatic carbocycles. The number of hydrogen-bond donors (Lipinski definition) is 1. The van der Waals surface area contributed by atoms with E-state index in [0.29, 0.717) is 0 Å². The van der Waals surface area contributed by atoms with Crippen LogP contribution in [0.15, 0.2) is 42.5 Å². The molecule has 0 aromatic heterocycles. The minimum absolute atomic E-state index is 0.141. The fraction of sp³-hybridized carbons (Fsp3) is 0.0769. The van der Waals surface area contributed by atoms with E-state index < -0.39 is 0 Å². The second-order valence-electron chi connectivity index (χ2n) is 3.13. The molecular formula is C13H11O2. The van der Waals surface area contributed by atoms with Gasteiger partial charge in [-0.15, -0.1) is 0 Å². The van der Waals surface area contributed by atoms with Crippen LogP contribution in [0, 0.1) is 6.07 Å². The van der Waals surface area contributed by atoms with E-state index in [1.54, 1.807) is 13.2 Å². The zero-order valence-electron chi connectivity index (χ0n) is 8.40. The number of methoxy groups -OCH3 is 1. The zero-order chi connectivity index (χ0) is 10.7. The summed E-state index contributed by atoms with van der Waals surface area (Å²) in [6, 6.07) is 15.7. The molecule has 1 N–H and O–H groups in total. The van der Waals surface area contributed by atoms with E-state index in [4.69, 9.17) is 4.74 Å². The van der Waals surface area contributed by atoms with E-state index in [9.17, 15) is 5.11 Å². The number of ether oxygens (including phenoxy) is 1. The molecule has 2 nitrogen and oxygen atoms in total. The number of aromatic hydroxyl groups is 1. The van der Waals surface area contributed by atoms with Crippen molar-refractivity contribution in [3.8, 4) is 22.6 Å². The normalized spacial score (nSPS) is 9.93. The predicted molar refractivity (Wildman–Crippen MR) is 58.9 cm³/mol. The van der Waals surface area contributed by atoms with Gasteiger partial charge in [-0.25, -0.2) is 0 Å². The highest BCUT2D eigenvalue weighted by atomic mass is 16.5. The molecule has 0 amide bonds. The molecular weight excluding hydrogens is 188 g/mol. The number of hydrogen-bond acceptors (Lipinski definition) is 2. The monoisotopic (exact) mass is 199 g/mol. The molecule has 0 aliphatic rings. The third-order valence-corrected chi connectivity index (χ3v) is 2.23. The van der Waals surface area contributed by atoms with Crippen molar-refractivity contribution in [1.29, 1.82) is 0 Å². The van der Waals surface area contributed by atoms with Gasteiger partial charge in [0.05, 0.1) is 7.11 Å². The number of rotatable bonds is 2. The smallest absolute Gasteiger partial charge is 0.131 e. The fourth-order valence-corrected chi connectivity index (χ4v) is 1.51. The van der Waals surface area contributed by atoms with Gasteiger partial charge in [-0.1, -0.05) is 36.4 Å². The maximum atomic E-state index is 9.67. The molecule has 0 saturated heterocycles. The highest BCUT2D eigenvalue weighted by Crippen LogP contribution is 2.34. The van der Waals surface area contributed by atoms with Gasteiger partial charge < -0.3 is 9.84 Å². The first-order valence-electron chi connectivity index (χ1n) is 4.66. The molecule has 0 unspecified atom stereocenters. The van der Waals surface area contributed by atoms with Gasteiger partial charge in [-0.2, -0.15) is 0 Å². The van der Waals surface area contributed by atoms with Crippen molar-refractivity contribution in [3.63, 3.8) is 0 Å². The minimum Gasteiger partial charge on any atom is -0.507 e. The molecule has 0 bridgehead atoms. The Hall–Kier alpha value is -1.96.